The maximum atomic E-state index is 12.5. The van der Waals surface area contributed by atoms with Crippen LogP contribution in [0.2, 0.25) is 5.02 Å². The molecule has 0 N–H and O–H groups in total. The van der Waals surface area contributed by atoms with Crippen molar-refractivity contribution >= 4 is 17.5 Å². The fraction of sp³-hybridized carbons (Fsp3) is 0.611. The summed E-state index contributed by atoms with van der Waals surface area (Å²) in [5, 5.41) is 0.816. The lowest BCUT2D eigenvalue weighted by molar-refractivity contribution is -0.132. The minimum absolute atomic E-state index is 0.325. The Balaban J connectivity index is 1.97. The third kappa shape index (κ3) is 4.47. The van der Waals surface area contributed by atoms with Crippen molar-refractivity contribution in [3.8, 4) is 0 Å². The van der Waals surface area contributed by atoms with Crippen molar-refractivity contribution in [2.75, 3.05) is 6.54 Å². The molecule has 1 aliphatic rings. The van der Waals surface area contributed by atoms with Crippen LogP contribution in [0.5, 0.6) is 0 Å². The molecule has 0 saturated carbocycles. The number of amides is 1. The molecule has 116 valence electrons. The number of hydrogen-bond acceptors (Lipinski definition) is 1. The van der Waals surface area contributed by atoms with E-state index in [-0.39, 0.29) is 0 Å². The monoisotopic (exact) mass is 307 g/mol. The minimum Gasteiger partial charge on any atom is -0.339 e. The SMILES string of the molecule is CCCC(C)CC(=O)N1CCCC1Cc1ccccc1Cl. The lowest BCUT2D eigenvalue weighted by Crippen LogP contribution is -2.37. The number of hydrogen-bond donors (Lipinski definition) is 0. The number of nitrogens with zero attached hydrogens (tertiary/aromatic N) is 1. The highest BCUT2D eigenvalue weighted by molar-refractivity contribution is 6.31. The molecular weight excluding hydrogens is 282 g/mol. The largest absolute Gasteiger partial charge is 0.339 e. The molecule has 0 aliphatic carbocycles. The zero-order chi connectivity index (χ0) is 15.2. The van der Waals surface area contributed by atoms with Crippen molar-refractivity contribution in [1.82, 2.24) is 4.90 Å². The van der Waals surface area contributed by atoms with Crippen LogP contribution >= 0.6 is 11.6 Å². The predicted molar refractivity (Wildman–Crippen MR) is 88.6 cm³/mol. The Labute approximate surface area is 133 Å². The van der Waals surface area contributed by atoms with Gasteiger partial charge in [-0.05, 0) is 36.8 Å². The molecule has 2 nitrogen and oxygen atoms in total. The topological polar surface area (TPSA) is 20.3 Å². The van der Waals surface area contributed by atoms with Crippen molar-refractivity contribution in [2.24, 2.45) is 5.92 Å². The molecule has 2 rings (SSSR count). The maximum absolute atomic E-state index is 12.5. The third-order valence-electron chi connectivity index (χ3n) is 4.42. The summed E-state index contributed by atoms with van der Waals surface area (Å²) in [4.78, 5) is 14.6. The van der Waals surface area contributed by atoms with Gasteiger partial charge >= 0.3 is 0 Å². The quantitative estimate of drug-likeness (QED) is 0.746. The van der Waals surface area contributed by atoms with Crippen LogP contribution in [0.4, 0.5) is 0 Å². The van der Waals surface area contributed by atoms with E-state index in [1.165, 1.54) is 0 Å². The van der Waals surface area contributed by atoms with E-state index in [4.69, 9.17) is 11.6 Å². The highest BCUT2D eigenvalue weighted by atomic mass is 35.5. The summed E-state index contributed by atoms with van der Waals surface area (Å²) in [7, 11) is 0. The van der Waals surface area contributed by atoms with Crippen LogP contribution in [-0.4, -0.2) is 23.4 Å². The van der Waals surface area contributed by atoms with Crippen molar-refractivity contribution in [1.29, 1.82) is 0 Å². The zero-order valence-corrected chi connectivity index (χ0v) is 13.9. The Bertz CT molecular complexity index is 474. The first-order valence-electron chi connectivity index (χ1n) is 8.14. The average molecular weight is 308 g/mol. The summed E-state index contributed by atoms with van der Waals surface area (Å²) in [6, 6.07) is 8.30. The normalized spacial score (nSPS) is 19.8. The standard InChI is InChI=1S/C18H26ClNO/c1-3-7-14(2)12-18(21)20-11-6-9-16(20)13-15-8-4-5-10-17(15)19/h4-5,8,10,14,16H,3,6-7,9,11-13H2,1-2H3. The van der Waals surface area contributed by atoms with Gasteiger partial charge in [0.05, 0.1) is 0 Å². The van der Waals surface area contributed by atoms with E-state index in [9.17, 15) is 4.79 Å². The van der Waals surface area contributed by atoms with Gasteiger partial charge in [0, 0.05) is 24.0 Å². The van der Waals surface area contributed by atoms with Gasteiger partial charge in [-0.3, -0.25) is 4.79 Å². The number of carbonyl (C=O) groups is 1. The molecule has 21 heavy (non-hydrogen) atoms. The van der Waals surface area contributed by atoms with Gasteiger partial charge in [0.25, 0.3) is 0 Å². The lowest BCUT2D eigenvalue weighted by atomic mass is 10.00. The number of rotatable bonds is 6. The van der Waals surface area contributed by atoms with Crippen LogP contribution in [-0.2, 0) is 11.2 Å². The van der Waals surface area contributed by atoms with Crippen LogP contribution in [0, 0.1) is 5.92 Å². The summed E-state index contributed by atoms with van der Waals surface area (Å²) in [6.07, 6.45) is 6.06. The number of halogens is 1. The Morgan fingerprint density at radius 2 is 2.19 bits per heavy atom. The second-order valence-electron chi connectivity index (χ2n) is 6.28. The van der Waals surface area contributed by atoms with Crippen molar-refractivity contribution in [3.63, 3.8) is 0 Å². The molecule has 0 spiro atoms. The fourth-order valence-electron chi connectivity index (χ4n) is 3.30. The van der Waals surface area contributed by atoms with Gasteiger partial charge in [-0.25, -0.2) is 0 Å². The second kappa shape index (κ2) is 7.84. The van der Waals surface area contributed by atoms with Crippen LogP contribution in [0.15, 0.2) is 24.3 Å². The van der Waals surface area contributed by atoms with Gasteiger partial charge in [-0.1, -0.05) is 56.5 Å². The molecule has 1 aromatic carbocycles. The van der Waals surface area contributed by atoms with E-state index >= 15 is 0 Å². The first-order valence-corrected chi connectivity index (χ1v) is 8.52. The lowest BCUT2D eigenvalue weighted by Gasteiger charge is -2.26. The van der Waals surface area contributed by atoms with Gasteiger partial charge in [-0.15, -0.1) is 0 Å². The van der Waals surface area contributed by atoms with E-state index in [1.807, 2.05) is 18.2 Å². The predicted octanol–water partition coefficient (Wildman–Crippen LogP) is 4.70. The Hall–Kier alpha value is -1.02. The summed E-state index contributed by atoms with van der Waals surface area (Å²) in [6.45, 7) is 5.27. The van der Waals surface area contributed by atoms with Gasteiger partial charge < -0.3 is 4.90 Å². The molecule has 1 fully saturated rings. The Morgan fingerprint density at radius 3 is 2.90 bits per heavy atom. The zero-order valence-electron chi connectivity index (χ0n) is 13.1. The molecule has 0 bridgehead atoms. The molecule has 0 radical (unpaired) electrons. The van der Waals surface area contributed by atoms with Crippen LogP contribution in [0.1, 0.15) is 51.5 Å². The van der Waals surface area contributed by atoms with Crippen LogP contribution in [0.25, 0.3) is 0 Å². The average Bonchev–Trinajstić information content (AvgIpc) is 2.90. The van der Waals surface area contributed by atoms with Crippen LogP contribution < -0.4 is 0 Å². The molecule has 1 amide bonds. The molecule has 1 aliphatic heterocycles. The van der Waals surface area contributed by atoms with E-state index in [0.29, 0.717) is 24.3 Å². The van der Waals surface area contributed by atoms with Crippen molar-refractivity contribution in [2.45, 2.75) is 58.4 Å². The summed E-state index contributed by atoms with van der Waals surface area (Å²) < 4.78 is 0. The van der Waals surface area contributed by atoms with E-state index < -0.39 is 0 Å². The summed E-state index contributed by atoms with van der Waals surface area (Å²) >= 11 is 6.25. The van der Waals surface area contributed by atoms with Gasteiger partial charge in [0.1, 0.15) is 0 Å². The van der Waals surface area contributed by atoms with Crippen LogP contribution in [0.3, 0.4) is 0 Å². The van der Waals surface area contributed by atoms with E-state index in [1.54, 1.807) is 0 Å². The second-order valence-corrected chi connectivity index (χ2v) is 6.68. The Morgan fingerprint density at radius 1 is 1.43 bits per heavy atom. The first-order chi connectivity index (χ1) is 10.1. The number of likely N-dealkylation sites (tertiary alicyclic amines) is 1. The maximum Gasteiger partial charge on any atom is 0.223 e. The van der Waals surface area contributed by atoms with Gasteiger partial charge in [-0.2, -0.15) is 0 Å². The molecule has 1 saturated heterocycles. The highest BCUT2D eigenvalue weighted by Crippen LogP contribution is 2.26. The molecule has 2 unspecified atom stereocenters. The summed E-state index contributed by atoms with van der Waals surface area (Å²) in [5.74, 6) is 0.814. The molecule has 1 heterocycles. The molecule has 3 heteroatoms. The highest BCUT2D eigenvalue weighted by Gasteiger charge is 2.29. The molecule has 1 aromatic rings. The van der Waals surface area contributed by atoms with E-state index in [0.717, 1.165) is 49.2 Å². The molecule has 2 atom stereocenters. The van der Waals surface area contributed by atoms with Gasteiger partial charge in [0.15, 0.2) is 0 Å². The fourth-order valence-corrected chi connectivity index (χ4v) is 3.52. The smallest absolute Gasteiger partial charge is 0.223 e. The van der Waals surface area contributed by atoms with E-state index in [2.05, 4.69) is 24.8 Å². The summed E-state index contributed by atoms with van der Waals surface area (Å²) in [5.41, 5.74) is 1.16. The minimum atomic E-state index is 0.325. The first kappa shape index (κ1) is 16.4. The Kier molecular flexibility index (Phi) is 6.10. The molecule has 0 aromatic heterocycles. The number of benzene rings is 1. The molecular formula is C18H26ClNO. The van der Waals surface area contributed by atoms with Crippen molar-refractivity contribution < 1.29 is 4.79 Å². The van der Waals surface area contributed by atoms with Crippen molar-refractivity contribution in [3.05, 3.63) is 34.9 Å². The van der Waals surface area contributed by atoms with Gasteiger partial charge in [0.2, 0.25) is 5.91 Å². The third-order valence-corrected chi connectivity index (χ3v) is 4.78. The number of carbonyl (C=O) groups excluding carboxylic acids is 1.